The van der Waals surface area contributed by atoms with Crippen LogP contribution >= 0.6 is 24.0 Å². The van der Waals surface area contributed by atoms with Gasteiger partial charge in [0.05, 0.1) is 26.8 Å². The fourth-order valence-corrected chi connectivity index (χ4v) is 3.74. The Labute approximate surface area is 139 Å². The lowest BCUT2D eigenvalue weighted by molar-refractivity contribution is -0.137. The number of thioether (sulfide) groups is 1. The second-order valence-corrected chi connectivity index (χ2v) is 6.65. The van der Waals surface area contributed by atoms with Gasteiger partial charge in [0.2, 0.25) is 0 Å². The van der Waals surface area contributed by atoms with Crippen molar-refractivity contribution in [1.29, 1.82) is 0 Å². The van der Waals surface area contributed by atoms with E-state index in [4.69, 9.17) is 16.6 Å². The summed E-state index contributed by atoms with van der Waals surface area (Å²) in [7, 11) is 0. The molecular weight excluding hydrogens is 345 g/mol. The van der Waals surface area contributed by atoms with Gasteiger partial charge in [-0.2, -0.15) is 13.2 Å². The smallest absolute Gasteiger partial charge is 0.416 e. The second-order valence-electron chi connectivity index (χ2n) is 4.87. The molecule has 3 rings (SSSR count). The third-order valence-corrected chi connectivity index (χ3v) is 4.78. The topological polar surface area (TPSA) is 30.2 Å². The van der Waals surface area contributed by atoms with Gasteiger partial charge in [0.25, 0.3) is 0 Å². The highest BCUT2D eigenvalue weighted by Crippen LogP contribution is 2.42. The quantitative estimate of drug-likeness (QED) is 0.557. The van der Waals surface area contributed by atoms with Crippen LogP contribution in [0.5, 0.6) is 0 Å². The Morgan fingerprint density at radius 2 is 2.00 bits per heavy atom. The summed E-state index contributed by atoms with van der Waals surface area (Å²) in [6, 6.07) is 8.08. The van der Waals surface area contributed by atoms with Crippen molar-refractivity contribution in [1.82, 2.24) is 0 Å². The fourth-order valence-electron chi connectivity index (χ4n) is 2.25. The monoisotopic (exact) mass is 354 g/mol. The van der Waals surface area contributed by atoms with Crippen molar-refractivity contribution in [2.24, 2.45) is 0 Å². The summed E-state index contributed by atoms with van der Waals surface area (Å²) in [6.07, 6.45) is -1.44. The van der Waals surface area contributed by atoms with Crippen LogP contribution in [0.1, 0.15) is 22.8 Å². The Morgan fingerprint density at radius 3 is 2.65 bits per heavy atom. The van der Waals surface area contributed by atoms with E-state index in [1.165, 1.54) is 18.4 Å². The third-order valence-electron chi connectivity index (χ3n) is 3.32. The normalized spacial score (nSPS) is 20.5. The summed E-state index contributed by atoms with van der Waals surface area (Å²) in [5.74, 6) is -0.664. The summed E-state index contributed by atoms with van der Waals surface area (Å²) >= 11 is 6.29. The van der Waals surface area contributed by atoms with E-state index in [1.54, 1.807) is 18.2 Å². The first-order chi connectivity index (χ1) is 10.9. The van der Waals surface area contributed by atoms with Crippen LogP contribution in [0, 0.1) is 0 Å². The van der Waals surface area contributed by atoms with Crippen molar-refractivity contribution in [3.05, 3.63) is 64.5 Å². The van der Waals surface area contributed by atoms with Crippen LogP contribution < -0.4 is 0 Å². The molecular formula is C16H9F3O2S2. The molecule has 1 atom stereocenters. The minimum absolute atomic E-state index is 0.255. The van der Waals surface area contributed by atoms with E-state index in [2.05, 4.69) is 0 Å². The lowest BCUT2D eigenvalue weighted by Gasteiger charge is -2.11. The number of hydrogen-bond donors (Lipinski definition) is 0. The average molecular weight is 354 g/mol. The molecule has 0 N–H and O–H groups in total. The SMILES string of the molecule is O=C1C(=Cc2ccco2)SC(=S)C1c1cccc(C(F)(F)F)c1. The van der Waals surface area contributed by atoms with Gasteiger partial charge in [-0.15, -0.1) is 0 Å². The highest BCUT2D eigenvalue weighted by Gasteiger charge is 2.38. The van der Waals surface area contributed by atoms with Gasteiger partial charge >= 0.3 is 6.18 Å². The van der Waals surface area contributed by atoms with Gasteiger partial charge in [-0.1, -0.05) is 42.2 Å². The molecule has 0 spiro atoms. The van der Waals surface area contributed by atoms with Gasteiger partial charge in [-0.25, -0.2) is 0 Å². The number of Topliss-reactive ketones (excluding diaryl/α,β-unsaturated/α-hetero) is 1. The molecule has 1 aromatic carbocycles. The summed E-state index contributed by atoms with van der Waals surface area (Å²) in [4.78, 5) is 12.9. The first-order valence-electron chi connectivity index (χ1n) is 6.54. The zero-order valence-electron chi connectivity index (χ0n) is 11.5. The van der Waals surface area contributed by atoms with E-state index in [9.17, 15) is 18.0 Å². The zero-order chi connectivity index (χ0) is 16.6. The van der Waals surface area contributed by atoms with Crippen molar-refractivity contribution in [3.63, 3.8) is 0 Å². The number of allylic oxidation sites excluding steroid dienone is 1. The first kappa shape index (κ1) is 16.0. The van der Waals surface area contributed by atoms with Gasteiger partial charge in [0.1, 0.15) is 5.76 Å². The van der Waals surface area contributed by atoms with Gasteiger partial charge in [-0.05, 0) is 29.8 Å². The lowest BCUT2D eigenvalue weighted by atomic mass is 9.94. The zero-order valence-corrected chi connectivity index (χ0v) is 13.1. The number of thiocarbonyl (C=S) groups is 1. The summed E-state index contributed by atoms with van der Waals surface area (Å²) in [5, 5.41) is 0. The number of alkyl halides is 3. The fraction of sp³-hybridized carbons (Fsp3) is 0.125. The molecule has 0 radical (unpaired) electrons. The van der Waals surface area contributed by atoms with Gasteiger partial charge in [0.15, 0.2) is 5.78 Å². The first-order valence-corrected chi connectivity index (χ1v) is 7.77. The van der Waals surface area contributed by atoms with E-state index in [1.807, 2.05) is 0 Å². The molecule has 0 saturated carbocycles. The number of benzene rings is 1. The minimum atomic E-state index is -4.46. The molecule has 0 aliphatic carbocycles. The molecule has 7 heteroatoms. The Balaban J connectivity index is 1.95. The molecule has 1 unspecified atom stereocenters. The number of carbonyl (C=O) groups is 1. The predicted molar refractivity (Wildman–Crippen MR) is 86.1 cm³/mol. The molecule has 2 aromatic rings. The van der Waals surface area contributed by atoms with E-state index in [-0.39, 0.29) is 11.3 Å². The molecule has 2 heterocycles. The Morgan fingerprint density at radius 1 is 1.22 bits per heavy atom. The van der Waals surface area contributed by atoms with E-state index in [0.29, 0.717) is 14.9 Å². The highest BCUT2D eigenvalue weighted by atomic mass is 32.2. The van der Waals surface area contributed by atoms with Crippen molar-refractivity contribution in [2.75, 3.05) is 0 Å². The van der Waals surface area contributed by atoms with Gasteiger partial charge in [-0.3, -0.25) is 4.79 Å². The van der Waals surface area contributed by atoms with E-state index in [0.717, 1.165) is 23.9 Å². The molecule has 23 heavy (non-hydrogen) atoms. The highest BCUT2D eigenvalue weighted by molar-refractivity contribution is 8.27. The van der Waals surface area contributed by atoms with Gasteiger partial charge in [0, 0.05) is 0 Å². The van der Waals surface area contributed by atoms with Crippen LogP contribution in [0.15, 0.2) is 52.0 Å². The van der Waals surface area contributed by atoms with Crippen LogP contribution in [-0.4, -0.2) is 9.98 Å². The largest absolute Gasteiger partial charge is 0.465 e. The maximum atomic E-state index is 12.8. The van der Waals surface area contributed by atoms with Crippen LogP contribution in [-0.2, 0) is 11.0 Å². The predicted octanol–water partition coefficient (Wildman–Crippen LogP) is 5.07. The molecule has 0 amide bonds. The van der Waals surface area contributed by atoms with Gasteiger partial charge < -0.3 is 4.42 Å². The average Bonchev–Trinajstić information content (AvgIpc) is 3.08. The van der Waals surface area contributed by atoms with E-state index >= 15 is 0 Å². The third kappa shape index (κ3) is 3.25. The summed E-state index contributed by atoms with van der Waals surface area (Å²) in [5.41, 5.74) is -0.538. The summed E-state index contributed by atoms with van der Waals surface area (Å²) in [6.45, 7) is 0. The Bertz CT molecular complexity index is 792. The van der Waals surface area contributed by atoms with Crippen molar-refractivity contribution in [2.45, 2.75) is 12.1 Å². The van der Waals surface area contributed by atoms with Crippen molar-refractivity contribution in [3.8, 4) is 0 Å². The molecule has 1 aliphatic rings. The lowest BCUT2D eigenvalue weighted by Crippen LogP contribution is -2.13. The molecule has 118 valence electrons. The molecule has 1 aromatic heterocycles. The van der Waals surface area contributed by atoms with Crippen LogP contribution in [0.25, 0.3) is 6.08 Å². The summed E-state index contributed by atoms with van der Waals surface area (Å²) < 4.78 is 44.0. The number of furan rings is 1. The van der Waals surface area contributed by atoms with Crippen molar-refractivity contribution >= 4 is 40.0 Å². The van der Waals surface area contributed by atoms with Crippen LogP contribution in [0.4, 0.5) is 13.2 Å². The standard InChI is InChI=1S/C16H9F3O2S2/c17-16(18,19)10-4-1-3-9(7-10)13-14(20)12(23-15(13)22)8-11-5-2-6-21-11/h1-8,13H. The minimum Gasteiger partial charge on any atom is -0.465 e. The number of rotatable bonds is 2. The van der Waals surface area contributed by atoms with Crippen LogP contribution in [0.3, 0.4) is 0 Å². The molecule has 1 aliphatic heterocycles. The van der Waals surface area contributed by atoms with Crippen molar-refractivity contribution < 1.29 is 22.4 Å². The van der Waals surface area contributed by atoms with E-state index < -0.39 is 17.7 Å². The number of halogens is 3. The van der Waals surface area contributed by atoms with Crippen LogP contribution in [0.2, 0.25) is 0 Å². The molecule has 1 fully saturated rings. The number of carbonyl (C=O) groups excluding carboxylic acids is 1. The number of ketones is 1. The Hall–Kier alpha value is -1.86. The Kier molecular flexibility index (Phi) is 4.16. The molecule has 0 bridgehead atoms. The molecule has 2 nitrogen and oxygen atoms in total. The maximum Gasteiger partial charge on any atom is 0.416 e. The number of hydrogen-bond acceptors (Lipinski definition) is 4. The molecule has 1 saturated heterocycles. The second kappa shape index (κ2) is 5.98. The maximum absolute atomic E-state index is 12.8.